The fourth-order valence-electron chi connectivity index (χ4n) is 1.78. The molecule has 0 bridgehead atoms. The molecule has 0 aliphatic heterocycles. The Morgan fingerprint density at radius 2 is 1.67 bits per heavy atom. The Morgan fingerprint density at radius 1 is 1.27 bits per heavy atom. The normalized spacial score (nSPS) is 15.8. The van der Waals surface area contributed by atoms with E-state index >= 15 is 0 Å². The molecule has 2 N–H and O–H groups in total. The fraction of sp³-hybridized carbons (Fsp3) is 0.889. The summed E-state index contributed by atoms with van der Waals surface area (Å²) in [6.07, 6.45) is -0.0542. The maximum atomic E-state index is 9.21. The number of halogens is 1. The summed E-state index contributed by atoms with van der Waals surface area (Å²) in [5, 5.41) is 9.01. The first-order valence-corrected chi connectivity index (χ1v) is 8.11. The van der Waals surface area contributed by atoms with Crippen LogP contribution in [0.2, 0.25) is 0 Å². The second kappa shape index (κ2) is 5.98. The number of nitrogens with zero attached hydrogens (tertiary/aromatic N) is 2. The van der Waals surface area contributed by atoms with Gasteiger partial charge in [-0.05, 0) is 0 Å². The minimum absolute atomic E-state index is 0.0542. The van der Waals surface area contributed by atoms with E-state index in [-0.39, 0.29) is 18.2 Å². The molecule has 0 rings (SSSR count). The van der Waals surface area contributed by atoms with Crippen LogP contribution in [-0.4, -0.2) is 39.0 Å². The Labute approximate surface area is 96.8 Å². The second-order valence-corrected chi connectivity index (χ2v) is 7.86. The molecule has 0 aromatic carbocycles. The fourth-order valence-corrected chi connectivity index (χ4v) is 3.01. The summed E-state index contributed by atoms with van der Waals surface area (Å²) < 4.78 is 0. The van der Waals surface area contributed by atoms with E-state index in [2.05, 4.69) is 6.07 Å². The average molecular weight is 255 g/mol. The van der Waals surface area contributed by atoms with E-state index < -0.39 is 13.1 Å². The first-order valence-electron chi connectivity index (χ1n) is 4.99. The molecular formula is C9H20ClN2O2P. The van der Waals surface area contributed by atoms with Gasteiger partial charge < -0.3 is 0 Å². The molecule has 1 unspecified atom stereocenters. The van der Waals surface area contributed by atoms with Gasteiger partial charge >= 0.3 is 96.3 Å². The molecule has 0 heterocycles. The van der Waals surface area contributed by atoms with E-state index in [0.717, 1.165) is 0 Å². The van der Waals surface area contributed by atoms with Gasteiger partial charge in [-0.2, -0.15) is 0 Å². The van der Waals surface area contributed by atoms with Gasteiger partial charge in [0.25, 0.3) is 0 Å². The van der Waals surface area contributed by atoms with Crippen molar-refractivity contribution in [1.29, 1.82) is 5.26 Å². The van der Waals surface area contributed by atoms with Crippen molar-refractivity contribution in [2.24, 2.45) is 0 Å². The average Bonchev–Trinajstić information content (AvgIpc) is 1.98. The standard InChI is InChI=1S/C9H20ClN2O2P/c1-7(2)12(8(3)4)9(5-11)6-15(10,13)14/h7-9,13-15H,6H2,1-4H3. The minimum atomic E-state index is -3.69. The molecule has 15 heavy (non-hydrogen) atoms. The number of hydrogen-bond acceptors (Lipinski definition) is 4. The van der Waals surface area contributed by atoms with Crippen LogP contribution in [0.5, 0.6) is 0 Å². The molecule has 0 aromatic heterocycles. The van der Waals surface area contributed by atoms with Crippen LogP contribution < -0.4 is 0 Å². The van der Waals surface area contributed by atoms with Gasteiger partial charge in [0.05, 0.1) is 0 Å². The number of hydrogen-bond donors (Lipinski definition) is 2. The van der Waals surface area contributed by atoms with E-state index in [0.29, 0.717) is 0 Å². The molecule has 0 spiro atoms. The van der Waals surface area contributed by atoms with E-state index in [1.54, 1.807) is 0 Å². The molecule has 0 saturated heterocycles. The van der Waals surface area contributed by atoms with Gasteiger partial charge in [-0.3, -0.25) is 0 Å². The van der Waals surface area contributed by atoms with Crippen LogP contribution in [0.4, 0.5) is 0 Å². The van der Waals surface area contributed by atoms with Crippen molar-refractivity contribution in [3.63, 3.8) is 0 Å². The predicted octanol–water partition coefficient (Wildman–Crippen LogP) is 1.72. The van der Waals surface area contributed by atoms with Gasteiger partial charge in [-0.25, -0.2) is 0 Å². The summed E-state index contributed by atoms with van der Waals surface area (Å²) in [4.78, 5) is 20.4. The predicted molar refractivity (Wildman–Crippen MR) is 65.0 cm³/mol. The third-order valence-corrected chi connectivity index (χ3v) is 3.52. The van der Waals surface area contributed by atoms with Gasteiger partial charge in [0.15, 0.2) is 0 Å². The topological polar surface area (TPSA) is 67.5 Å². The van der Waals surface area contributed by atoms with E-state index in [9.17, 15) is 9.79 Å². The second-order valence-electron chi connectivity index (χ2n) is 4.20. The zero-order valence-corrected chi connectivity index (χ0v) is 11.4. The molecule has 1 atom stereocenters. The van der Waals surface area contributed by atoms with E-state index in [1.807, 2.05) is 32.6 Å². The Hall–Kier alpha value is 0.0900. The molecule has 0 radical (unpaired) electrons. The summed E-state index contributed by atoms with van der Waals surface area (Å²) >= 11 is 5.43. The third kappa shape index (κ3) is 5.65. The molecule has 0 fully saturated rings. The van der Waals surface area contributed by atoms with Crippen LogP contribution in [0.3, 0.4) is 0 Å². The van der Waals surface area contributed by atoms with Crippen molar-refractivity contribution in [3.05, 3.63) is 0 Å². The van der Waals surface area contributed by atoms with Crippen molar-refractivity contribution in [2.75, 3.05) is 6.16 Å². The molecular weight excluding hydrogens is 235 g/mol. The Bertz CT molecular complexity index is 227. The van der Waals surface area contributed by atoms with Crippen LogP contribution in [0.1, 0.15) is 27.7 Å². The molecule has 90 valence electrons. The summed E-state index contributed by atoms with van der Waals surface area (Å²) in [7, 11) is -3.69. The van der Waals surface area contributed by atoms with Crippen LogP contribution in [0.25, 0.3) is 0 Å². The van der Waals surface area contributed by atoms with Gasteiger partial charge in [0.1, 0.15) is 0 Å². The number of rotatable bonds is 5. The summed E-state index contributed by atoms with van der Waals surface area (Å²) in [5.74, 6) is 0. The first kappa shape index (κ1) is 15.1. The molecule has 4 nitrogen and oxygen atoms in total. The van der Waals surface area contributed by atoms with Gasteiger partial charge in [0.2, 0.25) is 0 Å². The Kier molecular flexibility index (Phi) is 6.02. The summed E-state index contributed by atoms with van der Waals surface area (Å²) in [6, 6.07) is 1.88. The van der Waals surface area contributed by atoms with Crippen LogP contribution >= 0.6 is 18.3 Å². The SMILES string of the molecule is CC(C)N(C(C)C)C(C#N)C[PH](O)(O)Cl. The van der Waals surface area contributed by atoms with Crippen molar-refractivity contribution < 1.29 is 9.79 Å². The Balaban J connectivity index is 4.70. The van der Waals surface area contributed by atoms with Crippen molar-refractivity contribution in [3.8, 4) is 6.07 Å². The Morgan fingerprint density at radius 3 is 1.87 bits per heavy atom. The van der Waals surface area contributed by atoms with Crippen molar-refractivity contribution in [2.45, 2.75) is 45.8 Å². The zero-order valence-electron chi connectivity index (χ0n) is 9.61. The summed E-state index contributed by atoms with van der Waals surface area (Å²) in [5.41, 5.74) is 0. The van der Waals surface area contributed by atoms with Crippen LogP contribution in [0, 0.1) is 11.3 Å². The third-order valence-electron chi connectivity index (χ3n) is 2.15. The van der Waals surface area contributed by atoms with Crippen molar-refractivity contribution >= 4 is 18.3 Å². The molecule has 0 amide bonds. The summed E-state index contributed by atoms with van der Waals surface area (Å²) in [6.45, 7) is 7.88. The molecule has 0 aromatic rings. The van der Waals surface area contributed by atoms with Crippen LogP contribution in [-0.2, 0) is 0 Å². The quantitative estimate of drug-likeness (QED) is 0.733. The molecule has 0 saturated carbocycles. The van der Waals surface area contributed by atoms with Gasteiger partial charge in [-0.15, -0.1) is 0 Å². The van der Waals surface area contributed by atoms with E-state index in [1.165, 1.54) is 0 Å². The van der Waals surface area contributed by atoms with Crippen molar-refractivity contribution in [1.82, 2.24) is 4.90 Å². The van der Waals surface area contributed by atoms with Crippen LogP contribution in [0.15, 0.2) is 0 Å². The number of nitriles is 1. The molecule has 0 aliphatic rings. The zero-order chi connectivity index (χ0) is 12.2. The molecule has 0 aliphatic carbocycles. The van der Waals surface area contributed by atoms with E-state index in [4.69, 9.17) is 16.5 Å². The maximum absolute atomic E-state index is 9.21. The first-order chi connectivity index (χ1) is 6.69. The van der Waals surface area contributed by atoms with Gasteiger partial charge in [-0.1, -0.05) is 0 Å². The monoisotopic (exact) mass is 254 g/mol. The molecule has 6 heteroatoms. The van der Waals surface area contributed by atoms with Gasteiger partial charge in [0, 0.05) is 0 Å².